The lowest BCUT2D eigenvalue weighted by molar-refractivity contribution is -0.0717. The molecule has 0 aliphatic heterocycles. The van der Waals surface area contributed by atoms with Crippen molar-refractivity contribution in [2.24, 2.45) is 40.4 Å². The van der Waals surface area contributed by atoms with Crippen LogP contribution in [0, 0.1) is 40.4 Å². The minimum atomic E-state index is -0.562. The average molecular weight is 443 g/mol. The normalized spacial score (nSPS) is 46.3. The monoisotopic (exact) mass is 442 g/mol. The average Bonchev–Trinajstić information content (AvgIpc) is 3.10. The summed E-state index contributed by atoms with van der Waals surface area (Å²) in [4.78, 5) is 0. The Kier molecular flexibility index (Phi) is 6.56. The summed E-state index contributed by atoms with van der Waals surface area (Å²) >= 11 is 0. The number of rotatable bonds is 7. The van der Waals surface area contributed by atoms with Crippen LogP contribution in [0.4, 0.5) is 0 Å². The van der Waals surface area contributed by atoms with Gasteiger partial charge >= 0.3 is 0 Å². The summed E-state index contributed by atoms with van der Waals surface area (Å²) in [6.07, 6.45) is 17.8. The second kappa shape index (κ2) is 8.56. The molecule has 0 spiro atoms. The maximum Gasteiger partial charge on any atom is 0.0679 e. The molecule has 9 atom stereocenters. The molecule has 2 nitrogen and oxygen atoms in total. The fourth-order valence-electron chi connectivity index (χ4n) is 9.17. The van der Waals surface area contributed by atoms with Crippen LogP contribution in [0.1, 0.15) is 112 Å². The van der Waals surface area contributed by atoms with Crippen molar-refractivity contribution in [3.05, 3.63) is 24.3 Å². The molecule has 4 rings (SSSR count). The van der Waals surface area contributed by atoms with Crippen LogP contribution in [-0.4, -0.2) is 21.4 Å². The van der Waals surface area contributed by atoms with Crippen molar-refractivity contribution in [3.63, 3.8) is 0 Å². The van der Waals surface area contributed by atoms with Crippen LogP contribution in [0.5, 0.6) is 0 Å². The largest absolute Gasteiger partial charge is 0.390 e. The van der Waals surface area contributed by atoms with Gasteiger partial charge in [-0.05, 0) is 124 Å². The van der Waals surface area contributed by atoms with Crippen LogP contribution in [0.25, 0.3) is 0 Å². The smallest absolute Gasteiger partial charge is 0.0679 e. The molecular weight excluding hydrogens is 392 g/mol. The highest BCUT2D eigenvalue weighted by Gasteiger charge is 2.59. The van der Waals surface area contributed by atoms with Gasteiger partial charge in [0.05, 0.1) is 11.2 Å². The number of allylic oxidation sites excluding steroid dienone is 1. The van der Waals surface area contributed by atoms with Gasteiger partial charge < -0.3 is 10.2 Å². The highest BCUT2D eigenvalue weighted by atomic mass is 16.3. The Morgan fingerprint density at radius 3 is 2.59 bits per heavy atom. The van der Waals surface area contributed by atoms with Crippen molar-refractivity contribution in [1.29, 1.82) is 0 Å². The van der Waals surface area contributed by atoms with E-state index >= 15 is 0 Å². The van der Waals surface area contributed by atoms with E-state index in [9.17, 15) is 10.2 Å². The minimum Gasteiger partial charge on any atom is -0.390 e. The summed E-state index contributed by atoms with van der Waals surface area (Å²) in [5, 5.41) is 21.6. The van der Waals surface area contributed by atoms with E-state index in [4.69, 9.17) is 0 Å². The third-order valence-electron chi connectivity index (χ3n) is 11.4. The second-order valence-corrected chi connectivity index (χ2v) is 13.2. The molecule has 0 aromatic rings. The van der Waals surface area contributed by atoms with Gasteiger partial charge in [0.25, 0.3) is 0 Å². The molecule has 0 aromatic carbocycles. The fraction of sp³-hybridized carbons (Fsp3) is 0.867. The van der Waals surface area contributed by atoms with Gasteiger partial charge in [0.15, 0.2) is 0 Å². The van der Waals surface area contributed by atoms with E-state index < -0.39 is 11.2 Å². The summed E-state index contributed by atoms with van der Waals surface area (Å²) in [6, 6.07) is 0. The van der Waals surface area contributed by atoms with Crippen LogP contribution < -0.4 is 0 Å². The molecule has 2 N–H and O–H groups in total. The molecule has 0 radical (unpaired) electrons. The molecule has 0 heterocycles. The number of aliphatic hydroxyl groups is 2. The predicted octanol–water partition coefficient (Wildman–Crippen LogP) is 7.45. The number of hydrogen-bond donors (Lipinski definition) is 2. The van der Waals surface area contributed by atoms with Gasteiger partial charge in [0.1, 0.15) is 0 Å². The lowest BCUT2D eigenvalue weighted by Gasteiger charge is -2.59. The predicted molar refractivity (Wildman–Crippen MR) is 134 cm³/mol. The maximum atomic E-state index is 10.9. The first kappa shape index (κ1) is 24.5. The van der Waals surface area contributed by atoms with E-state index in [1.54, 1.807) is 5.57 Å². The molecule has 4 aliphatic rings. The van der Waals surface area contributed by atoms with E-state index in [1.165, 1.54) is 32.1 Å². The molecule has 0 bridgehead atoms. The molecule has 3 saturated carbocycles. The topological polar surface area (TPSA) is 40.5 Å². The number of fused-ring (bicyclic) bond motifs is 5. The molecule has 2 unspecified atom stereocenters. The van der Waals surface area contributed by atoms with Crippen molar-refractivity contribution in [2.45, 2.75) is 123 Å². The van der Waals surface area contributed by atoms with Gasteiger partial charge in [0.2, 0.25) is 0 Å². The lowest BCUT2D eigenvalue weighted by Crippen LogP contribution is -2.52. The van der Waals surface area contributed by atoms with Gasteiger partial charge in [-0.2, -0.15) is 0 Å². The van der Waals surface area contributed by atoms with E-state index in [0.29, 0.717) is 23.2 Å². The summed E-state index contributed by atoms with van der Waals surface area (Å²) in [7, 11) is 0. The van der Waals surface area contributed by atoms with Gasteiger partial charge in [-0.15, -0.1) is 6.58 Å². The van der Waals surface area contributed by atoms with Crippen LogP contribution in [-0.2, 0) is 0 Å². The van der Waals surface area contributed by atoms with Crippen LogP contribution >= 0.6 is 0 Å². The summed E-state index contributed by atoms with van der Waals surface area (Å²) in [5.41, 5.74) is 1.29. The Morgan fingerprint density at radius 1 is 1.16 bits per heavy atom. The Morgan fingerprint density at radius 2 is 1.91 bits per heavy atom. The molecule has 0 amide bonds. The Labute approximate surface area is 198 Å². The molecule has 4 aliphatic carbocycles. The van der Waals surface area contributed by atoms with Gasteiger partial charge in [-0.25, -0.2) is 0 Å². The molecule has 182 valence electrons. The first-order chi connectivity index (χ1) is 15.0. The van der Waals surface area contributed by atoms with E-state index in [1.807, 2.05) is 13.0 Å². The van der Waals surface area contributed by atoms with Crippen LogP contribution in [0.3, 0.4) is 0 Å². The molecule has 0 aromatic heterocycles. The van der Waals surface area contributed by atoms with Gasteiger partial charge in [-0.3, -0.25) is 0 Å². The van der Waals surface area contributed by atoms with Crippen molar-refractivity contribution in [2.75, 3.05) is 0 Å². The molecular formula is C30H50O2. The van der Waals surface area contributed by atoms with Crippen molar-refractivity contribution < 1.29 is 10.2 Å². The zero-order chi connectivity index (χ0) is 23.4. The maximum absolute atomic E-state index is 10.9. The highest BCUT2D eigenvalue weighted by molar-refractivity contribution is 5.26. The van der Waals surface area contributed by atoms with Gasteiger partial charge in [-0.1, -0.05) is 45.4 Å². The van der Waals surface area contributed by atoms with E-state index in [0.717, 1.165) is 62.2 Å². The second-order valence-electron chi connectivity index (χ2n) is 13.2. The Hall–Kier alpha value is -0.600. The van der Waals surface area contributed by atoms with Crippen molar-refractivity contribution >= 4 is 0 Å². The number of hydrogen-bond acceptors (Lipinski definition) is 2. The molecule has 0 saturated heterocycles. The highest BCUT2D eigenvalue weighted by Crippen LogP contribution is 2.67. The molecule has 32 heavy (non-hydrogen) atoms. The lowest BCUT2D eigenvalue weighted by atomic mass is 9.46. The van der Waals surface area contributed by atoms with Crippen LogP contribution in [0.15, 0.2) is 24.3 Å². The molecule has 3 fully saturated rings. The zero-order valence-electron chi connectivity index (χ0n) is 21.6. The van der Waals surface area contributed by atoms with Gasteiger partial charge in [0, 0.05) is 0 Å². The summed E-state index contributed by atoms with van der Waals surface area (Å²) < 4.78 is 0. The third kappa shape index (κ3) is 4.06. The fourth-order valence-corrected chi connectivity index (χ4v) is 9.17. The summed E-state index contributed by atoms with van der Waals surface area (Å²) in [6.45, 7) is 15.6. The third-order valence-corrected chi connectivity index (χ3v) is 11.4. The first-order valence-corrected chi connectivity index (χ1v) is 13.7. The van der Waals surface area contributed by atoms with E-state index in [2.05, 4.69) is 40.3 Å². The Bertz CT molecular complexity index is 737. The minimum absolute atomic E-state index is 0.318. The van der Waals surface area contributed by atoms with Crippen molar-refractivity contribution in [3.8, 4) is 0 Å². The van der Waals surface area contributed by atoms with E-state index in [-0.39, 0.29) is 0 Å². The zero-order valence-corrected chi connectivity index (χ0v) is 21.6. The molecule has 2 heteroatoms. The summed E-state index contributed by atoms with van der Waals surface area (Å²) in [5.74, 6) is 3.96. The standard InChI is InChI=1S/C30H50O2/c1-7-15-30(32,8-2)17-13-21(3)24-11-12-25-23-10-9-22-20-27(4,31)18-19-28(22,5)26(23)14-16-29(24,25)6/h7,9,21,23-26,31-32H,1,8,10-20H2,2-6H3/t21?,23-,24+,25-,26-,27-,28-,29+,30?/m0/s1. The van der Waals surface area contributed by atoms with Crippen LogP contribution in [0.2, 0.25) is 0 Å². The first-order valence-electron chi connectivity index (χ1n) is 13.7. The van der Waals surface area contributed by atoms with Crippen molar-refractivity contribution in [1.82, 2.24) is 0 Å². The Balaban J connectivity index is 1.48. The quantitative estimate of drug-likeness (QED) is 0.402. The SMILES string of the molecule is C=CCC(O)(CC)CCC(C)[C@H]1CC[C@H]2[C@@H]3CC=C4C[C@@](C)(O)CC[C@]4(C)[C@H]3CC[C@]12C.